The summed E-state index contributed by atoms with van der Waals surface area (Å²) in [4.78, 5) is 11.1. The molecule has 0 aliphatic carbocycles. The molecule has 18 heavy (non-hydrogen) atoms. The molecule has 2 rings (SSSR count). The number of aromatic carboxylic acids is 1. The molecule has 0 aromatic heterocycles. The summed E-state index contributed by atoms with van der Waals surface area (Å²) in [6.07, 6.45) is 0. The van der Waals surface area contributed by atoms with Gasteiger partial charge in [-0.15, -0.1) is 0 Å². The fourth-order valence-electron chi connectivity index (χ4n) is 1.60. The monoisotopic (exact) mass is 354 g/mol. The van der Waals surface area contributed by atoms with Gasteiger partial charge in [-0.05, 0) is 59.3 Å². The van der Waals surface area contributed by atoms with Gasteiger partial charge in [0.15, 0.2) is 0 Å². The highest BCUT2D eigenvalue weighted by atomic mass is 127. The molecule has 0 spiro atoms. The first-order valence-corrected chi connectivity index (χ1v) is 6.42. The number of benzene rings is 2. The normalized spacial score (nSPS) is 10.1. The SMILES string of the molecule is Cc1cccc(C(=O)O)c1Oc1cccc(I)c1. The Hall–Kier alpha value is -1.56. The Morgan fingerprint density at radius 3 is 2.61 bits per heavy atom. The highest BCUT2D eigenvalue weighted by molar-refractivity contribution is 14.1. The second-order valence-corrected chi connectivity index (χ2v) is 5.06. The Labute approximate surface area is 119 Å². The van der Waals surface area contributed by atoms with Crippen LogP contribution in [-0.4, -0.2) is 11.1 Å². The predicted molar refractivity (Wildman–Crippen MR) is 77.4 cm³/mol. The molecule has 0 saturated carbocycles. The Bertz CT molecular complexity index is 593. The molecule has 0 aliphatic heterocycles. The zero-order chi connectivity index (χ0) is 13.1. The van der Waals surface area contributed by atoms with E-state index in [1.807, 2.05) is 31.2 Å². The van der Waals surface area contributed by atoms with E-state index in [0.717, 1.165) is 9.13 Å². The second-order valence-electron chi connectivity index (χ2n) is 3.82. The first-order valence-electron chi connectivity index (χ1n) is 5.34. The van der Waals surface area contributed by atoms with Crippen molar-refractivity contribution in [3.63, 3.8) is 0 Å². The second kappa shape index (κ2) is 5.39. The fourth-order valence-corrected chi connectivity index (χ4v) is 2.12. The van der Waals surface area contributed by atoms with Gasteiger partial charge in [0.1, 0.15) is 17.1 Å². The van der Waals surface area contributed by atoms with Crippen LogP contribution in [-0.2, 0) is 0 Å². The van der Waals surface area contributed by atoms with Gasteiger partial charge < -0.3 is 9.84 Å². The lowest BCUT2D eigenvalue weighted by Gasteiger charge is -2.11. The van der Waals surface area contributed by atoms with Gasteiger partial charge in [-0.1, -0.05) is 18.2 Å². The van der Waals surface area contributed by atoms with Crippen LogP contribution < -0.4 is 4.74 Å². The van der Waals surface area contributed by atoms with E-state index < -0.39 is 5.97 Å². The van der Waals surface area contributed by atoms with Gasteiger partial charge in [0.05, 0.1) is 0 Å². The number of rotatable bonds is 3. The molecule has 2 aromatic rings. The van der Waals surface area contributed by atoms with Gasteiger partial charge >= 0.3 is 5.97 Å². The van der Waals surface area contributed by atoms with Crippen molar-refractivity contribution in [3.8, 4) is 11.5 Å². The van der Waals surface area contributed by atoms with Crippen LogP contribution in [0, 0.1) is 10.5 Å². The Balaban J connectivity index is 2.42. The summed E-state index contributed by atoms with van der Waals surface area (Å²) in [5.74, 6) is 0.0463. The molecule has 0 fully saturated rings. The van der Waals surface area contributed by atoms with Crippen molar-refractivity contribution in [1.82, 2.24) is 0 Å². The Kier molecular flexibility index (Phi) is 3.86. The number of carboxylic acids is 1. The van der Waals surface area contributed by atoms with Crippen molar-refractivity contribution in [2.75, 3.05) is 0 Å². The topological polar surface area (TPSA) is 46.5 Å². The molecule has 0 amide bonds. The van der Waals surface area contributed by atoms with Crippen molar-refractivity contribution in [1.29, 1.82) is 0 Å². The molecule has 3 nitrogen and oxygen atoms in total. The molecule has 4 heteroatoms. The van der Waals surface area contributed by atoms with Crippen LogP contribution in [0.3, 0.4) is 0 Å². The number of carbonyl (C=O) groups is 1. The van der Waals surface area contributed by atoms with Gasteiger partial charge in [0, 0.05) is 3.57 Å². The number of hydrogen-bond acceptors (Lipinski definition) is 2. The van der Waals surface area contributed by atoms with Crippen LogP contribution in [0.1, 0.15) is 15.9 Å². The van der Waals surface area contributed by atoms with Gasteiger partial charge in [0.2, 0.25) is 0 Å². The van der Waals surface area contributed by atoms with E-state index in [-0.39, 0.29) is 5.56 Å². The van der Waals surface area contributed by atoms with E-state index >= 15 is 0 Å². The summed E-state index contributed by atoms with van der Waals surface area (Å²) in [6.45, 7) is 1.83. The molecule has 92 valence electrons. The van der Waals surface area contributed by atoms with Crippen LogP contribution >= 0.6 is 22.6 Å². The third kappa shape index (κ3) is 2.81. The summed E-state index contributed by atoms with van der Waals surface area (Å²) < 4.78 is 6.73. The van der Waals surface area contributed by atoms with E-state index in [1.54, 1.807) is 18.2 Å². The van der Waals surface area contributed by atoms with E-state index in [1.165, 1.54) is 0 Å². The largest absolute Gasteiger partial charge is 0.478 e. The third-order valence-electron chi connectivity index (χ3n) is 2.46. The minimum Gasteiger partial charge on any atom is -0.478 e. The smallest absolute Gasteiger partial charge is 0.339 e. The molecular weight excluding hydrogens is 343 g/mol. The number of aryl methyl sites for hydroxylation is 1. The zero-order valence-electron chi connectivity index (χ0n) is 9.68. The molecule has 0 saturated heterocycles. The van der Waals surface area contributed by atoms with E-state index in [2.05, 4.69) is 22.6 Å². The summed E-state index contributed by atoms with van der Waals surface area (Å²) in [6, 6.07) is 12.6. The lowest BCUT2D eigenvalue weighted by Crippen LogP contribution is -2.01. The number of ether oxygens (including phenoxy) is 1. The average molecular weight is 354 g/mol. The van der Waals surface area contributed by atoms with E-state index in [9.17, 15) is 4.79 Å². The zero-order valence-corrected chi connectivity index (χ0v) is 11.8. The maximum absolute atomic E-state index is 11.1. The van der Waals surface area contributed by atoms with Crippen molar-refractivity contribution in [2.24, 2.45) is 0 Å². The van der Waals surface area contributed by atoms with Gasteiger partial charge in [-0.25, -0.2) is 4.79 Å². The molecular formula is C14H11IO3. The summed E-state index contributed by atoms with van der Waals surface area (Å²) in [5.41, 5.74) is 0.975. The molecule has 1 N–H and O–H groups in total. The van der Waals surface area contributed by atoms with Crippen LogP contribution in [0.4, 0.5) is 0 Å². The lowest BCUT2D eigenvalue weighted by atomic mass is 10.1. The fraction of sp³-hybridized carbons (Fsp3) is 0.0714. The van der Waals surface area contributed by atoms with Crippen LogP contribution in [0.5, 0.6) is 11.5 Å². The molecule has 2 aromatic carbocycles. The van der Waals surface area contributed by atoms with E-state index in [4.69, 9.17) is 9.84 Å². The van der Waals surface area contributed by atoms with Crippen molar-refractivity contribution in [2.45, 2.75) is 6.92 Å². The third-order valence-corrected chi connectivity index (χ3v) is 3.13. The minimum absolute atomic E-state index is 0.175. The molecule has 0 atom stereocenters. The standard InChI is InChI=1S/C14H11IO3/c1-9-4-2-7-12(14(16)17)13(9)18-11-6-3-5-10(15)8-11/h2-8H,1H3,(H,16,17). The summed E-state index contributed by atoms with van der Waals surface area (Å²) in [7, 11) is 0. The van der Waals surface area contributed by atoms with Crippen molar-refractivity contribution in [3.05, 3.63) is 57.2 Å². The highest BCUT2D eigenvalue weighted by Gasteiger charge is 2.14. The van der Waals surface area contributed by atoms with Crippen LogP contribution in [0.15, 0.2) is 42.5 Å². The molecule has 0 bridgehead atoms. The number of para-hydroxylation sites is 1. The first kappa shape index (κ1) is 12.9. The maximum atomic E-state index is 11.1. The summed E-state index contributed by atoms with van der Waals surface area (Å²) in [5, 5.41) is 9.14. The number of halogens is 1. The van der Waals surface area contributed by atoms with Gasteiger partial charge in [0.25, 0.3) is 0 Å². The average Bonchev–Trinajstić information content (AvgIpc) is 2.31. The maximum Gasteiger partial charge on any atom is 0.339 e. The van der Waals surface area contributed by atoms with Crippen molar-refractivity contribution >= 4 is 28.6 Å². The van der Waals surface area contributed by atoms with Crippen LogP contribution in [0.25, 0.3) is 0 Å². The Morgan fingerprint density at radius 1 is 1.22 bits per heavy atom. The van der Waals surface area contributed by atoms with Gasteiger partial charge in [-0.2, -0.15) is 0 Å². The highest BCUT2D eigenvalue weighted by Crippen LogP contribution is 2.29. The van der Waals surface area contributed by atoms with Crippen molar-refractivity contribution < 1.29 is 14.6 Å². The number of carboxylic acid groups (broad SMARTS) is 1. The molecule has 0 aliphatic rings. The van der Waals surface area contributed by atoms with E-state index in [0.29, 0.717) is 11.5 Å². The molecule has 0 radical (unpaired) electrons. The first-order chi connectivity index (χ1) is 8.58. The summed E-state index contributed by atoms with van der Waals surface area (Å²) >= 11 is 2.18. The lowest BCUT2D eigenvalue weighted by molar-refractivity contribution is 0.0694. The Morgan fingerprint density at radius 2 is 1.94 bits per heavy atom. The molecule has 0 heterocycles. The predicted octanol–water partition coefficient (Wildman–Crippen LogP) is 4.09. The molecule has 0 unspecified atom stereocenters. The number of hydrogen-bond donors (Lipinski definition) is 1. The minimum atomic E-state index is -0.987. The quantitative estimate of drug-likeness (QED) is 0.845. The van der Waals surface area contributed by atoms with Gasteiger partial charge in [-0.3, -0.25) is 0 Å². The van der Waals surface area contributed by atoms with Crippen LogP contribution in [0.2, 0.25) is 0 Å².